The van der Waals surface area contributed by atoms with E-state index in [1.807, 2.05) is 19.2 Å². The van der Waals surface area contributed by atoms with Gasteiger partial charge < -0.3 is 9.52 Å². The Labute approximate surface area is 177 Å². The van der Waals surface area contributed by atoms with Gasteiger partial charge in [-0.2, -0.15) is 0 Å². The zero-order valence-electron chi connectivity index (χ0n) is 18.4. The molecule has 1 N–H and O–H groups in total. The van der Waals surface area contributed by atoms with Crippen molar-refractivity contribution in [2.75, 3.05) is 14.2 Å². The molecule has 1 aliphatic carbocycles. The Morgan fingerprint density at radius 3 is 2.38 bits per heavy atom. The van der Waals surface area contributed by atoms with Crippen LogP contribution in [0, 0.1) is 5.92 Å². The van der Waals surface area contributed by atoms with Crippen LogP contribution in [0.4, 0.5) is 0 Å². The van der Waals surface area contributed by atoms with Gasteiger partial charge in [0, 0.05) is 19.6 Å². The molecule has 1 unspecified atom stereocenters. The standard InChI is InChI=1S/C21H28N2O.C3H6.CH4O/c1-3-9-20(18-12-7-8-13-18)21-22-14-19(24-21)16-23(2)15-17-10-5-4-6-11-17;1-3-2;1-2/h3-6,10-11,14,18,20H,1,7-9,12-13,15-16H2,2H3;3H,1H2,2H3;2H,1H3. The third-order valence-corrected chi connectivity index (χ3v) is 5.00. The SMILES string of the molecule is C=CC.C=CCC(c1ncc(CN(C)Cc2ccccc2)o1)C1CCCC1.CO. The lowest BCUT2D eigenvalue weighted by Gasteiger charge is -2.19. The summed E-state index contributed by atoms with van der Waals surface area (Å²) in [7, 11) is 3.12. The average Bonchev–Trinajstić information content (AvgIpc) is 3.41. The van der Waals surface area contributed by atoms with E-state index >= 15 is 0 Å². The molecule has 4 nitrogen and oxygen atoms in total. The summed E-state index contributed by atoms with van der Waals surface area (Å²) in [6, 6.07) is 10.5. The number of allylic oxidation sites excluding steroid dienone is 2. The normalized spacial score (nSPS) is 14.4. The fourth-order valence-corrected chi connectivity index (χ4v) is 3.82. The topological polar surface area (TPSA) is 49.5 Å². The Hall–Kier alpha value is -2.17. The minimum Gasteiger partial charge on any atom is -0.444 e. The molecule has 1 aromatic carbocycles. The summed E-state index contributed by atoms with van der Waals surface area (Å²) in [6.45, 7) is 10.9. The Morgan fingerprint density at radius 2 is 1.79 bits per heavy atom. The average molecular weight is 399 g/mol. The molecule has 0 saturated heterocycles. The first kappa shape index (κ1) is 24.9. The smallest absolute Gasteiger partial charge is 0.198 e. The van der Waals surface area contributed by atoms with Gasteiger partial charge >= 0.3 is 0 Å². The van der Waals surface area contributed by atoms with E-state index in [-0.39, 0.29) is 0 Å². The van der Waals surface area contributed by atoms with Crippen molar-refractivity contribution in [3.63, 3.8) is 0 Å². The van der Waals surface area contributed by atoms with Crippen molar-refractivity contribution in [2.45, 2.75) is 58.0 Å². The van der Waals surface area contributed by atoms with Crippen LogP contribution < -0.4 is 0 Å². The van der Waals surface area contributed by atoms with Crippen LogP contribution in [0.15, 0.2) is 66.3 Å². The first-order valence-corrected chi connectivity index (χ1v) is 10.5. The summed E-state index contributed by atoms with van der Waals surface area (Å²) in [4.78, 5) is 6.86. The molecule has 0 aliphatic heterocycles. The number of benzene rings is 1. The molecule has 2 aromatic rings. The van der Waals surface area contributed by atoms with E-state index < -0.39 is 0 Å². The third kappa shape index (κ3) is 8.80. The van der Waals surface area contributed by atoms with Crippen molar-refractivity contribution in [1.29, 1.82) is 0 Å². The van der Waals surface area contributed by atoms with Gasteiger partial charge in [0.25, 0.3) is 0 Å². The molecule has 29 heavy (non-hydrogen) atoms. The van der Waals surface area contributed by atoms with Gasteiger partial charge in [0.05, 0.1) is 12.7 Å². The maximum Gasteiger partial charge on any atom is 0.198 e. The zero-order chi connectivity index (χ0) is 21.5. The molecule has 0 spiro atoms. The highest BCUT2D eigenvalue weighted by Gasteiger charge is 2.28. The van der Waals surface area contributed by atoms with E-state index in [4.69, 9.17) is 9.52 Å². The van der Waals surface area contributed by atoms with E-state index in [1.165, 1.54) is 31.2 Å². The Balaban J connectivity index is 0.000000771. The highest BCUT2D eigenvalue weighted by Crippen LogP contribution is 2.39. The van der Waals surface area contributed by atoms with E-state index in [0.29, 0.717) is 11.8 Å². The summed E-state index contributed by atoms with van der Waals surface area (Å²) < 4.78 is 6.12. The number of aliphatic hydroxyl groups excluding tert-OH is 1. The predicted octanol–water partition coefficient (Wildman–Crippen LogP) is 5.96. The van der Waals surface area contributed by atoms with Crippen molar-refractivity contribution in [3.05, 3.63) is 79.1 Å². The van der Waals surface area contributed by atoms with Gasteiger partial charge in [-0.05, 0) is 44.7 Å². The summed E-state index contributed by atoms with van der Waals surface area (Å²) in [5.41, 5.74) is 1.32. The minimum atomic E-state index is 0.401. The van der Waals surface area contributed by atoms with E-state index in [9.17, 15) is 0 Å². The lowest BCUT2D eigenvalue weighted by atomic mass is 9.88. The predicted molar refractivity (Wildman–Crippen MR) is 122 cm³/mol. The largest absolute Gasteiger partial charge is 0.444 e. The molecule has 1 heterocycles. The zero-order valence-corrected chi connectivity index (χ0v) is 18.4. The van der Waals surface area contributed by atoms with Crippen LogP contribution in [0.2, 0.25) is 0 Å². The number of aromatic nitrogens is 1. The highest BCUT2D eigenvalue weighted by atomic mass is 16.4. The van der Waals surface area contributed by atoms with Crippen molar-refractivity contribution < 1.29 is 9.52 Å². The molecule has 1 fully saturated rings. The summed E-state index contributed by atoms with van der Waals surface area (Å²) in [5.74, 6) is 2.97. The first-order valence-electron chi connectivity index (χ1n) is 10.5. The van der Waals surface area contributed by atoms with Gasteiger partial charge in [0.2, 0.25) is 0 Å². The van der Waals surface area contributed by atoms with Crippen LogP contribution in [-0.2, 0) is 13.1 Å². The van der Waals surface area contributed by atoms with E-state index in [1.54, 1.807) is 6.08 Å². The summed E-state index contributed by atoms with van der Waals surface area (Å²) in [6.07, 6.45) is 11.9. The molecule has 0 amide bonds. The first-order chi connectivity index (χ1) is 14.2. The highest BCUT2D eigenvalue weighted by molar-refractivity contribution is 5.14. The third-order valence-electron chi connectivity index (χ3n) is 5.00. The molecule has 0 bridgehead atoms. The molecule has 4 heteroatoms. The summed E-state index contributed by atoms with van der Waals surface area (Å²) in [5, 5.41) is 7.00. The minimum absolute atomic E-state index is 0.401. The van der Waals surface area contributed by atoms with Gasteiger partial charge in [0.15, 0.2) is 5.89 Å². The van der Waals surface area contributed by atoms with Crippen LogP contribution in [0.3, 0.4) is 0 Å². The van der Waals surface area contributed by atoms with Crippen molar-refractivity contribution in [2.24, 2.45) is 5.92 Å². The molecular weight excluding hydrogens is 360 g/mol. The lowest BCUT2D eigenvalue weighted by molar-refractivity contribution is 0.271. The Morgan fingerprint density at radius 1 is 1.17 bits per heavy atom. The molecular formula is C25H38N2O2. The second kappa shape index (κ2) is 14.8. The maximum absolute atomic E-state index is 7.00. The van der Waals surface area contributed by atoms with Crippen molar-refractivity contribution in [1.82, 2.24) is 9.88 Å². The fourth-order valence-electron chi connectivity index (χ4n) is 3.82. The summed E-state index contributed by atoms with van der Waals surface area (Å²) >= 11 is 0. The van der Waals surface area contributed by atoms with Gasteiger partial charge in [-0.15, -0.1) is 13.2 Å². The quantitative estimate of drug-likeness (QED) is 0.558. The van der Waals surface area contributed by atoms with E-state index in [0.717, 1.165) is 38.3 Å². The van der Waals surface area contributed by atoms with Crippen LogP contribution >= 0.6 is 0 Å². The number of hydrogen-bond donors (Lipinski definition) is 1. The molecule has 160 valence electrons. The maximum atomic E-state index is 7.00. The lowest BCUT2D eigenvalue weighted by Crippen LogP contribution is -2.16. The number of rotatable bonds is 8. The fraction of sp³-hybridized carbons (Fsp3) is 0.480. The second-order valence-electron chi connectivity index (χ2n) is 7.41. The van der Waals surface area contributed by atoms with Gasteiger partial charge in [-0.3, -0.25) is 4.90 Å². The van der Waals surface area contributed by atoms with Crippen LogP contribution in [0.25, 0.3) is 0 Å². The van der Waals surface area contributed by atoms with Crippen LogP contribution in [-0.4, -0.2) is 29.1 Å². The second-order valence-corrected chi connectivity index (χ2v) is 7.41. The molecule has 0 radical (unpaired) electrons. The molecule has 1 atom stereocenters. The van der Waals surface area contributed by atoms with Crippen molar-refractivity contribution >= 4 is 0 Å². The van der Waals surface area contributed by atoms with Gasteiger partial charge in [-0.1, -0.05) is 55.3 Å². The molecule has 1 aromatic heterocycles. The molecule has 1 saturated carbocycles. The van der Waals surface area contributed by atoms with Gasteiger partial charge in [-0.25, -0.2) is 4.98 Å². The van der Waals surface area contributed by atoms with Crippen molar-refractivity contribution in [3.8, 4) is 0 Å². The Kier molecular flexibility index (Phi) is 12.7. The monoisotopic (exact) mass is 398 g/mol. The van der Waals surface area contributed by atoms with E-state index in [2.05, 4.69) is 60.4 Å². The number of nitrogens with zero attached hydrogens (tertiary/aromatic N) is 2. The number of hydrogen-bond acceptors (Lipinski definition) is 4. The van der Waals surface area contributed by atoms with Crippen LogP contribution in [0.5, 0.6) is 0 Å². The number of oxazole rings is 1. The van der Waals surface area contributed by atoms with Crippen LogP contribution in [0.1, 0.15) is 62.2 Å². The number of aliphatic hydroxyl groups is 1. The molecule has 3 rings (SSSR count). The van der Waals surface area contributed by atoms with Gasteiger partial charge in [0.1, 0.15) is 5.76 Å². The molecule has 1 aliphatic rings. The Bertz CT molecular complexity index is 675.